The molecule has 0 amide bonds. The molecule has 2 aromatic rings. The van der Waals surface area contributed by atoms with Gasteiger partial charge in [0.1, 0.15) is 12.4 Å². The lowest BCUT2D eigenvalue weighted by Crippen LogP contribution is -2.33. The Bertz CT molecular complexity index is 592. The van der Waals surface area contributed by atoms with E-state index in [1.807, 2.05) is 30.3 Å². The standard InChI is InChI=1S/C19H23NO/c1-19(2)14-15-8-6-7-11-17(15)18(19)20-12-13-21-16-9-4-3-5-10-16/h3-11,18,20H,12-14H2,1-2H3. The van der Waals surface area contributed by atoms with Gasteiger partial charge in [0.2, 0.25) is 0 Å². The highest BCUT2D eigenvalue weighted by Gasteiger charge is 2.38. The fourth-order valence-corrected chi connectivity index (χ4v) is 3.27. The molecule has 21 heavy (non-hydrogen) atoms. The van der Waals surface area contributed by atoms with Crippen molar-refractivity contribution >= 4 is 0 Å². The Morgan fingerprint density at radius 1 is 1.05 bits per heavy atom. The first-order valence-corrected chi connectivity index (χ1v) is 7.66. The lowest BCUT2D eigenvalue weighted by atomic mass is 9.85. The van der Waals surface area contributed by atoms with Gasteiger partial charge >= 0.3 is 0 Å². The number of hydrogen-bond acceptors (Lipinski definition) is 2. The van der Waals surface area contributed by atoms with Gasteiger partial charge in [-0.15, -0.1) is 0 Å². The molecule has 1 aliphatic rings. The highest BCUT2D eigenvalue weighted by molar-refractivity contribution is 5.37. The highest BCUT2D eigenvalue weighted by atomic mass is 16.5. The summed E-state index contributed by atoms with van der Waals surface area (Å²) in [6.45, 7) is 6.22. The summed E-state index contributed by atoms with van der Waals surface area (Å²) in [7, 11) is 0. The van der Waals surface area contributed by atoms with Gasteiger partial charge in [0, 0.05) is 12.6 Å². The van der Waals surface area contributed by atoms with Crippen LogP contribution >= 0.6 is 0 Å². The average molecular weight is 281 g/mol. The van der Waals surface area contributed by atoms with Crippen molar-refractivity contribution in [2.45, 2.75) is 26.3 Å². The molecule has 0 aromatic heterocycles. The molecular weight excluding hydrogens is 258 g/mol. The van der Waals surface area contributed by atoms with Crippen molar-refractivity contribution in [2.24, 2.45) is 5.41 Å². The smallest absolute Gasteiger partial charge is 0.119 e. The molecule has 2 nitrogen and oxygen atoms in total. The van der Waals surface area contributed by atoms with Gasteiger partial charge in [-0.25, -0.2) is 0 Å². The van der Waals surface area contributed by atoms with E-state index in [0.29, 0.717) is 12.6 Å². The molecule has 0 aliphatic heterocycles. The molecule has 2 aromatic carbocycles. The van der Waals surface area contributed by atoms with E-state index in [9.17, 15) is 0 Å². The molecule has 1 atom stereocenters. The van der Waals surface area contributed by atoms with Crippen LogP contribution in [-0.2, 0) is 6.42 Å². The van der Waals surface area contributed by atoms with E-state index in [0.717, 1.165) is 18.7 Å². The molecule has 0 radical (unpaired) electrons. The maximum Gasteiger partial charge on any atom is 0.119 e. The second-order valence-electron chi connectivity index (χ2n) is 6.41. The molecule has 0 bridgehead atoms. The van der Waals surface area contributed by atoms with Crippen LogP contribution in [0.2, 0.25) is 0 Å². The second kappa shape index (κ2) is 5.90. The Labute approximate surface area is 127 Å². The summed E-state index contributed by atoms with van der Waals surface area (Å²) in [5, 5.41) is 3.67. The molecule has 2 heteroatoms. The van der Waals surface area contributed by atoms with Crippen LogP contribution in [0.5, 0.6) is 5.75 Å². The summed E-state index contributed by atoms with van der Waals surface area (Å²) in [4.78, 5) is 0. The zero-order valence-electron chi connectivity index (χ0n) is 12.8. The van der Waals surface area contributed by atoms with E-state index in [1.54, 1.807) is 0 Å². The van der Waals surface area contributed by atoms with Gasteiger partial charge in [-0.3, -0.25) is 0 Å². The van der Waals surface area contributed by atoms with Crippen molar-refractivity contribution in [1.29, 1.82) is 0 Å². The molecule has 1 N–H and O–H groups in total. The third kappa shape index (κ3) is 3.11. The van der Waals surface area contributed by atoms with E-state index >= 15 is 0 Å². The van der Waals surface area contributed by atoms with Crippen molar-refractivity contribution in [3.05, 3.63) is 65.7 Å². The maximum atomic E-state index is 5.76. The lowest BCUT2D eigenvalue weighted by Gasteiger charge is -2.28. The van der Waals surface area contributed by atoms with Crippen LogP contribution < -0.4 is 10.1 Å². The lowest BCUT2D eigenvalue weighted by molar-refractivity contribution is 0.243. The molecular formula is C19H23NO. The molecule has 0 saturated heterocycles. The molecule has 1 aliphatic carbocycles. The Kier molecular flexibility index (Phi) is 3.98. The molecule has 0 saturated carbocycles. The van der Waals surface area contributed by atoms with Crippen molar-refractivity contribution in [1.82, 2.24) is 5.32 Å². The topological polar surface area (TPSA) is 21.3 Å². The number of benzene rings is 2. The predicted octanol–water partition coefficient (Wildman–Crippen LogP) is 3.98. The zero-order chi connectivity index (χ0) is 14.7. The van der Waals surface area contributed by atoms with Crippen LogP contribution in [0.3, 0.4) is 0 Å². The molecule has 0 fully saturated rings. The highest BCUT2D eigenvalue weighted by Crippen LogP contribution is 2.44. The van der Waals surface area contributed by atoms with Gasteiger partial charge in [-0.2, -0.15) is 0 Å². The van der Waals surface area contributed by atoms with Crippen molar-refractivity contribution in [3.8, 4) is 5.75 Å². The summed E-state index contributed by atoms with van der Waals surface area (Å²) in [5.74, 6) is 0.936. The van der Waals surface area contributed by atoms with Crippen molar-refractivity contribution < 1.29 is 4.74 Å². The van der Waals surface area contributed by atoms with Gasteiger partial charge in [0.15, 0.2) is 0 Å². The molecule has 0 heterocycles. The van der Waals surface area contributed by atoms with E-state index in [2.05, 4.69) is 43.4 Å². The minimum atomic E-state index is 0.260. The third-order valence-corrected chi connectivity index (χ3v) is 4.26. The first-order valence-electron chi connectivity index (χ1n) is 7.66. The fourth-order valence-electron chi connectivity index (χ4n) is 3.27. The van der Waals surface area contributed by atoms with E-state index in [-0.39, 0.29) is 5.41 Å². The Hall–Kier alpha value is -1.80. The SMILES string of the molecule is CC1(C)Cc2ccccc2C1NCCOc1ccccc1. The summed E-state index contributed by atoms with van der Waals surface area (Å²) in [6.07, 6.45) is 1.14. The quantitative estimate of drug-likeness (QED) is 0.837. The summed E-state index contributed by atoms with van der Waals surface area (Å²) >= 11 is 0. The number of rotatable bonds is 5. The van der Waals surface area contributed by atoms with Crippen LogP contribution in [0.15, 0.2) is 54.6 Å². The largest absolute Gasteiger partial charge is 0.492 e. The van der Waals surface area contributed by atoms with Gasteiger partial charge < -0.3 is 10.1 Å². The van der Waals surface area contributed by atoms with Crippen LogP contribution in [0.4, 0.5) is 0 Å². The number of fused-ring (bicyclic) bond motifs is 1. The summed E-state index contributed by atoms with van der Waals surface area (Å²) in [6, 6.07) is 19.2. The number of hydrogen-bond donors (Lipinski definition) is 1. The second-order valence-corrected chi connectivity index (χ2v) is 6.41. The maximum absolute atomic E-state index is 5.76. The van der Waals surface area contributed by atoms with Crippen molar-refractivity contribution in [2.75, 3.05) is 13.2 Å². The molecule has 0 spiro atoms. The molecule has 3 rings (SSSR count). The van der Waals surface area contributed by atoms with Gasteiger partial charge in [0.25, 0.3) is 0 Å². The normalized spacial score (nSPS) is 19.2. The number of nitrogens with one attached hydrogen (secondary N) is 1. The van der Waals surface area contributed by atoms with Gasteiger partial charge in [-0.05, 0) is 35.1 Å². The van der Waals surface area contributed by atoms with E-state index in [4.69, 9.17) is 4.74 Å². The summed E-state index contributed by atoms with van der Waals surface area (Å²) in [5.41, 5.74) is 3.18. The van der Waals surface area contributed by atoms with Crippen LogP contribution in [-0.4, -0.2) is 13.2 Å². The van der Waals surface area contributed by atoms with Gasteiger partial charge in [0.05, 0.1) is 0 Å². The Morgan fingerprint density at radius 3 is 2.57 bits per heavy atom. The average Bonchev–Trinajstić information content (AvgIpc) is 2.75. The Balaban J connectivity index is 1.57. The zero-order valence-corrected chi connectivity index (χ0v) is 12.8. The minimum Gasteiger partial charge on any atom is -0.492 e. The summed E-state index contributed by atoms with van der Waals surface area (Å²) < 4.78 is 5.76. The third-order valence-electron chi connectivity index (χ3n) is 4.26. The number of para-hydroxylation sites is 1. The molecule has 110 valence electrons. The van der Waals surface area contributed by atoms with E-state index in [1.165, 1.54) is 11.1 Å². The Morgan fingerprint density at radius 2 is 1.76 bits per heavy atom. The molecule has 1 unspecified atom stereocenters. The number of ether oxygens (including phenoxy) is 1. The van der Waals surface area contributed by atoms with E-state index < -0.39 is 0 Å². The fraction of sp³-hybridized carbons (Fsp3) is 0.368. The van der Waals surface area contributed by atoms with Crippen molar-refractivity contribution in [3.63, 3.8) is 0 Å². The van der Waals surface area contributed by atoms with Gasteiger partial charge in [-0.1, -0.05) is 56.3 Å². The predicted molar refractivity (Wildman–Crippen MR) is 86.6 cm³/mol. The van der Waals surface area contributed by atoms with Crippen LogP contribution in [0.1, 0.15) is 31.0 Å². The first kappa shape index (κ1) is 14.2. The van der Waals surface area contributed by atoms with Crippen LogP contribution in [0.25, 0.3) is 0 Å². The van der Waals surface area contributed by atoms with Crippen LogP contribution in [0, 0.1) is 5.41 Å². The monoisotopic (exact) mass is 281 g/mol. The minimum absolute atomic E-state index is 0.260. The first-order chi connectivity index (χ1) is 10.2.